The second-order valence-corrected chi connectivity index (χ2v) is 5.72. The van der Waals surface area contributed by atoms with E-state index >= 15 is 0 Å². The summed E-state index contributed by atoms with van der Waals surface area (Å²) in [5, 5.41) is 5.65. The fourth-order valence-electron chi connectivity index (χ4n) is 2.49. The Bertz CT molecular complexity index is 907. The number of carbonyl (C=O) groups is 1. The normalized spacial score (nSPS) is 10.4. The van der Waals surface area contributed by atoms with Gasteiger partial charge < -0.3 is 10.6 Å². The average Bonchev–Trinajstić information content (AvgIpc) is 2.56. The van der Waals surface area contributed by atoms with Crippen LogP contribution in [0.4, 0.5) is 21.6 Å². The molecule has 1 amide bonds. The first kappa shape index (κ1) is 16.6. The summed E-state index contributed by atoms with van der Waals surface area (Å²) < 4.78 is 13.7. The van der Waals surface area contributed by atoms with Gasteiger partial charge in [0.25, 0.3) is 5.91 Å². The molecule has 0 radical (unpaired) electrons. The number of hydrogen-bond donors (Lipinski definition) is 2. The number of benzene rings is 2. The van der Waals surface area contributed by atoms with Crippen LogP contribution in [0, 0.1) is 19.7 Å². The Balaban J connectivity index is 1.78. The maximum atomic E-state index is 13.7. The van der Waals surface area contributed by atoms with Crippen LogP contribution in [-0.2, 0) is 0 Å². The molecule has 1 heterocycles. The van der Waals surface area contributed by atoms with E-state index in [4.69, 9.17) is 0 Å². The van der Waals surface area contributed by atoms with E-state index in [1.165, 1.54) is 18.5 Å². The van der Waals surface area contributed by atoms with E-state index in [1.54, 1.807) is 18.2 Å². The summed E-state index contributed by atoms with van der Waals surface area (Å²) >= 11 is 0. The van der Waals surface area contributed by atoms with Gasteiger partial charge in [0.1, 0.15) is 23.7 Å². The van der Waals surface area contributed by atoms with Crippen LogP contribution in [0.3, 0.4) is 0 Å². The third-order valence-corrected chi connectivity index (χ3v) is 3.52. The van der Waals surface area contributed by atoms with E-state index in [1.807, 2.05) is 32.0 Å². The molecule has 0 fully saturated rings. The lowest BCUT2D eigenvalue weighted by Crippen LogP contribution is -2.14. The summed E-state index contributed by atoms with van der Waals surface area (Å²) in [6.07, 6.45) is 1.26. The highest BCUT2D eigenvalue weighted by molar-refractivity contribution is 6.03. The topological polar surface area (TPSA) is 66.9 Å². The number of para-hydroxylation sites is 1. The van der Waals surface area contributed by atoms with Gasteiger partial charge in [-0.05, 0) is 49.2 Å². The van der Waals surface area contributed by atoms with Crippen molar-refractivity contribution >= 4 is 23.1 Å². The fourth-order valence-corrected chi connectivity index (χ4v) is 2.49. The van der Waals surface area contributed by atoms with E-state index in [-0.39, 0.29) is 17.3 Å². The fraction of sp³-hybridized carbons (Fsp3) is 0.105. The quantitative estimate of drug-likeness (QED) is 0.748. The molecule has 0 atom stereocenters. The van der Waals surface area contributed by atoms with E-state index in [0.717, 1.165) is 11.1 Å². The summed E-state index contributed by atoms with van der Waals surface area (Å²) in [7, 11) is 0. The van der Waals surface area contributed by atoms with Crippen molar-refractivity contribution in [1.29, 1.82) is 0 Å². The second kappa shape index (κ2) is 7.09. The summed E-state index contributed by atoms with van der Waals surface area (Å²) in [5.74, 6) is -0.419. The number of aromatic nitrogens is 2. The van der Waals surface area contributed by atoms with Crippen LogP contribution in [0.2, 0.25) is 0 Å². The monoisotopic (exact) mass is 336 g/mol. The van der Waals surface area contributed by atoms with Gasteiger partial charge in [-0.2, -0.15) is 0 Å². The standard InChI is InChI=1S/C19H17FN4O/c1-12-7-13(2)9-14(8-12)23-19(25)17-10-18(22-11-21-17)24-16-6-4-3-5-15(16)20/h3-11H,1-2H3,(H,23,25)(H,21,22,24). The van der Waals surface area contributed by atoms with E-state index < -0.39 is 5.82 Å². The third-order valence-electron chi connectivity index (χ3n) is 3.52. The summed E-state index contributed by atoms with van der Waals surface area (Å²) in [6.45, 7) is 3.92. The van der Waals surface area contributed by atoms with E-state index in [0.29, 0.717) is 11.5 Å². The van der Waals surface area contributed by atoms with Crippen LogP contribution in [-0.4, -0.2) is 15.9 Å². The van der Waals surface area contributed by atoms with Gasteiger partial charge in [0, 0.05) is 11.8 Å². The predicted molar refractivity (Wildman–Crippen MR) is 95.6 cm³/mol. The molecule has 0 aliphatic heterocycles. The van der Waals surface area contributed by atoms with Gasteiger partial charge in [0.2, 0.25) is 0 Å². The molecule has 2 aromatic carbocycles. The molecule has 0 aliphatic carbocycles. The molecule has 0 unspecified atom stereocenters. The van der Waals surface area contributed by atoms with Gasteiger partial charge in [0.15, 0.2) is 0 Å². The summed E-state index contributed by atoms with van der Waals surface area (Å²) in [5.41, 5.74) is 3.28. The Morgan fingerprint density at radius 2 is 1.72 bits per heavy atom. The zero-order valence-electron chi connectivity index (χ0n) is 13.9. The SMILES string of the molecule is Cc1cc(C)cc(NC(=O)c2cc(Nc3ccccc3F)ncn2)c1. The lowest BCUT2D eigenvalue weighted by Gasteiger charge is -2.09. The Morgan fingerprint density at radius 3 is 2.44 bits per heavy atom. The second-order valence-electron chi connectivity index (χ2n) is 5.72. The van der Waals surface area contributed by atoms with Crippen molar-refractivity contribution in [3.05, 3.63) is 77.5 Å². The van der Waals surface area contributed by atoms with Crippen molar-refractivity contribution in [3.63, 3.8) is 0 Å². The number of hydrogen-bond acceptors (Lipinski definition) is 4. The molecular formula is C19H17FN4O. The molecule has 0 saturated heterocycles. The van der Waals surface area contributed by atoms with Gasteiger partial charge in [0.05, 0.1) is 5.69 Å². The van der Waals surface area contributed by atoms with Crippen molar-refractivity contribution in [1.82, 2.24) is 9.97 Å². The van der Waals surface area contributed by atoms with Crippen molar-refractivity contribution in [2.75, 3.05) is 10.6 Å². The number of nitrogens with one attached hydrogen (secondary N) is 2. The molecule has 25 heavy (non-hydrogen) atoms. The molecule has 1 aromatic heterocycles. The molecule has 6 heteroatoms. The van der Waals surface area contributed by atoms with Gasteiger partial charge in [-0.15, -0.1) is 0 Å². The molecule has 0 aliphatic rings. The predicted octanol–water partition coefficient (Wildman–Crippen LogP) is 4.23. The molecule has 0 saturated carbocycles. The van der Waals surface area contributed by atoms with Crippen molar-refractivity contribution in [3.8, 4) is 0 Å². The zero-order chi connectivity index (χ0) is 17.8. The number of carbonyl (C=O) groups excluding carboxylic acids is 1. The van der Waals surface area contributed by atoms with Crippen LogP contribution in [0.15, 0.2) is 54.9 Å². The average molecular weight is 336 g/mol. The Morgan fingerprint density at radius 1 is 1.00 bits per heavy atom. The van der Waals surface area contributed by atoms with Crippen molar-refractivity contribution in [2.45, 2.75) is 13.8 Å². The van der Waals surface area contributed by atoms with Crippen molar-refractivity contribution < 1.29 is 9.18 Å². The maximum absolute atomic E-state index is 13.7. The number of anilines is 3. The van der Waals surface area contributed by atoms with Gasteiger partial charge in [-0.3, -0.25) is 4.79 Å². The molecule has 126 valence electrons. The third kappa shape index (κ3) is 4.17. The Hall–Kier alpha value is -3.28. The first-order chi connectivity index (χ1) is 12.0. The molecular weight excluding hydrogens is 319 g/mol. The maximum Gasteiger partial charge on any atom is 0.274 e. The molecule has 3 aromatic rings. The van der Waals surface area contributed by atoms with Crippen molar-refractivity contribution in [2.24, 2.45) is 0 Å². The van der Waals surface area contributed by atoms with Crippen LogP contribution >= 0.6 is 0 Å². The molecule has 2 N–H and O–H groups in total. The highest BCUT2D eigenvalue weighted by Crippen LogP contribution is 2.19. The summed E-state index contributed by atoms with van der Waals surface area (Å²) in [4.78, 5) is 20.4. The van der Waals surface area contributed by atoms with Crippen LogP contribution in [0.25, 0.3) is 0 Å². The minimum Gasteiger partial charge on any atom is -0.338 e. The van der Waals surface area contributed by atoms with E-state index in [2.05, 4.69) is 20.6 Å². The minimum atomic E-state index is -0.401. The Kier molecular flexibility index (Phi) is 4.70. The lowest BCUT2D eigenvalue weighted by molar-refractivity contribution is 0.102. The van der Waals surface area contributed by atoms with Crippen LogP contribution in [0.5, 0.6) is 0 Å². The number of rotatable bonds is 4. The van der Waals surface area contributed by atoms with Crippen LogP contribution < -0.4 is 10.6 Å². The first-order valence-electron chi connectivity index (χ1n) is 7.74. The zero-order valence-corrected chi connectivity index (χ0v) is 13.9. The first-order valence-corrected chi connectivity index (χ1v) is 7.74. The molecule has 5 nitrogen and oxygen atoms in total. The van der Waals surface area contributed by atoms with E-state index in [9.17, 15) is 9.18 Å². The molecule has 0 bridgehead atoms. The lowest BCUT2D eigenvalue weighted by atomic mass is 10.1. The molecule has 0 spiro atoms. The highest BCUT2D eigenvalue weighted by Gasteiger charge is 2.11. The Labute approximate surface area is 145 Å². The van der Waals surface area contributed by atoms with Gasteiger partial charge in [-0.25, -0.2) is 14.4 Å². The van der Waals surface area contributed by atoms with Gasteiger partial charge in [-0.1, -0.05) is 18.2 Å². The number of halogens is 1. The highest BCUT2D eigenvalue weighted by atomic mass is 19.1. The minimum absolute atomic E-state index is 0.188. The molecule has 3 rings (SSSR count). The summed E-state index contributed by atoms with van der Waals surface area (Å²) in [6, 6.07) is 13.5. The number of nitrogens with zero attached hydrogens (tertiary/aromatic N) is 2. The van der Waals surface area contributed by atoms with Crippen LogP contribution in [0.1, 0.15) is 21.6 Å². The largest absolute Gasteiger partial charge is 0.338 e. The number of aryl methyl sites for hydroxylation is 2. The number of amides is 1. The smallest absolute Gasteiger partial charge is 0.274 e. The van der Waals surface area contributed by atoms with Gasteiger partial charge >= 0.3 is 0 Å².